The fourth-order valence-corrected chi connectivity index (χ4v) is 1.00. The van der Waals surface area contributed by atoms with E-state index in [1.165, 1.54) is 18.4 Å². The second-order valence-corrected chi connectivity index (χ2v) is 2.29. The van der Waals surface area contributed by atoms with E-state index in [1.807, 2.05) is 20.9 Å². The van der Waals surface area contributed by atoms with Gasteiger partial charge in [-0.1, -0.05) is 32.1 Å². The molecule has 1 rings (SSSR count). The highest BCUT2D eigenvalue weighted by Gasteiger charge is 1.93. The van der Waals surface area contributed by atoms with E-state index in [0.29, 0.717) is 0 Å². The van der Waals surface area contributed by atoms with E-state index in [-0.39, 0.29) is 0 Å². The van der Waals surface area contributed by atoms with Crippen LogP contribution in [0, 0.1) is 0 Å². The quantitative estimate of drug-likeness (QED) is 0.642. The zero-order valence-corrected chi connectivity index (χ0v) is 7.85. The first-order valence-electron chi connectivity index (χ1n) is 4.43. The average Bonchev–Trinajstić information content (AvgIpc) is 2.11. The van der Waals surface area contributed by atoms with Crippen molar-refractivity contribution >= 4 is 0 Å². The maximum absolute atomic E-state index is 3.12. The van der Waals surface area contributed by atoms with Gasteiger partial charge in [-0.25, -0.2) is 0 Å². The van der Waals surface area contributed by atoms with Crippen LogP contribution in [0.3, 0.4) is 0 Å². The first kappa shape index (κ1) is 10.4. The lowest BCUT2D eigenvalue weighted by molar-refractivity contribution is 0.874. The maximum Gasteiger partial charge on any atom is 0.0199 e. The zero-order valence-electron chi connectivity index (χ0n) is 7.85. The van der Waals surface area contributed by atoms with Crippen molar-refractivity contribution in [2.75, 3.05) is 13.6 Å². The van der Waals surface area contributed by atoms with Crippen LogP contribution in [0.5, 0.6) is 0 Å². The van der Waals surface area contributed by atoms with Gasteiger partial charge < -0.3 is 5.32 Å². The van der Waals surface area contributed by atoms with Crippen LogP contribution in [-0.2, 0) is 0 Å². The van der Waals surface area contributed by atoms with Gasteiger partial charge in [0.15, 0.2) is 0 Å². The lowest BCUT2D eigenvalue weighted by atomic mass is 10.1. The SMILES string of the molecule is CC.CNCC1=CCCC=C1. The van der Waals surface area contributed by atoms with Crippen LogP contribution >= 0.6 is 0 Å². The Hall–Kier alpha value is -0.560. The number of hydrogen-bond acceptors (Lipinski definition) is 1. The minimum absolute atomic E-state index is 1.01. The van der Waals surface area contributed by atoms with Crippen molar-refractivity contribution in [2.45, 2.75) is 26.7 Å². The molecule has 0 saturated heterocycles. The Labute approximate surface area is 70.2 Å². The van der Waals surface area contributed by atoms with Crippen molar-refractivity contribution in [3.8, 4) is 0 Å². The normalized spacial score (nSPS) is 15.0. The minimum atomic E-state index is 1.01. The molecule has 1 aliphatic rings. The van der Waals surface area contributed by atoms with Gasteiger partial charge in [-0.3, -0.25) is 0 Å². The summed E-state index contributed by atoms with van der Waals surface area (Å²) in [5, 5.41) is 3.12. The average molecular weight is 153 g/mol. The van der Waals surface area contributed by atoms with E-state index in [9.17, 15) is 0 Å². The predicted octanol–water partition coefficient (Wildman–Crippen LogP) is 2.51. The monoisotopic (exact) mass is 153 g/mol. The van der Waals surface area contributed by atoms with Crippen molar-refractivity contribution in [1.29, 1.82) is 0 Å². The van der Waals surface area contributed by atoms with E-state index in [4.69, 9.17) is 0 Å². The number of nitrogens with one attached hydrogen (secondary N) is 1. The molecule has 0 saturated carbocycles. The molecule has 64 valence electrons. The van der Waals surface area contributed by atoms with Crippen LogP contribution in [0.4, 0.5) is 0 Å². The molecule has 0 unspecified atom stereocenters. The molecule has 11 heavy (non-hydrogen) atoms. The third-order valence-corrected chi connectivity index (χ3v) is 1.45. The highest BCUT2D eigenvalue weighted by molar-refractivity contribution is 5.23. The highest BCUT2D eigenvalue weighted by atomic mass is 14.8. The van der Waals surface area contributed by atoms with E-state index >= 15 is 0 Å². The first-order valence-corrected chi connectivity index (χ1v) is 4.43. The van der Waals surface area contributed by atoms with Gasteiger partial charge in [0, 0.05) is 6.54 Å². The van der Waals surface area contributed by atoms with E-state index in [0.717, 1.165) is 6.54 Å². The molecule has 0 spiro atoms. The fraction of sp³-hybridized carbons (Fsp3) is 0.600. The van der Waals surface area contributed by atoms with Gasteiger partial charge in [0.25, 0.3) is 0 Å². The molecule has 0 bridgehead atoms. The Morgan fingerprint density at radius 2 is 2.09 bits per heavy atom. The predicted molar refractivity (Wildman–Crippen MR) is 51.7 cm³/mol. The van der Waals surface area contributed by atoms with Crippen LogP contribution in [0.15, 0.2) is 23.8 Å². The maximum atomic E-state index is 3.12. The van der Waals surface area contributed by atoms with E-state index in [1.54, 1.807) is 0 Å². The summed E-state index contributed by atoms with van der Waals surface area (Å²) in [6.07, 6.45) is 9.14. The third kappa shape index (κ3) is 4.79. The molecule has 1 heteroatoms. The molecule has 1 nitrogen and oxygen atoms in total. The smallest absolute Gasteiger partial charge is 0.0199 e. The summed E-state index contributed by atoms with van der Waals surface area (Å²) in [7, 11) is 1.98. The summed E-state index contributed by atoms with van der Waals surface area (Å²) in [6, 6.07) is 0. The Morgan fingerprint density at radius 3 is 2.55 bits per heavy atom. The lowest BCUT2D eigenvalue weighted by Gasteiger charge is -2.04. The summed E-state index contributed by atoms with van der Waals surface area (Å²) in [4.78, 5) is 0. The van der Waals surface area contributed by atoms with Gasteiger partial charge >= 0.3 is 0 Å². The summed E-state index contributed by atoms with van der Waals surface area (Å²) in [5.41, 5.74) is 1.42. The number of allylic oxidation sites excluding steroid dienone is 2. The molecule has 0 aliphatic heterocycles. The summed E-state index contributed by atoms with van der Waals surface area (Å²) < 4.78 is 0. The summed E-state index contributed by atoms with van der Waals surface area (Å²) in [6.45, 7) is 5.01. The summed E-state index contributed by atoms with van der Waals surface area (Å²) >= 11 is 0. The largest absolute Gasteiger partial charge is 0.316 e. The van der Waals surface area contributed by atoms with Gasteiger partial charge in [0.2, 0.25) is 0 Å². The number of rotatable bonds is 2. The van der Waals surface area contributed by atoms with Gasteiger partial charge in [0.05, 0.1) is 0 Å². The standard InChI is InChI=1S/C8H13N.C2H6/c1-9-7-8-5-3-2-4-6-8;1-2/h3,5-6,9H,2,4,7H2,1H3;1-2H3. The van der Waals surface area contributed by atoms with Crippen LogP contribution in [0.1, 0.15) is 26.7 Å². The Bertz CT molecular complexity index is 134. The van der Waals surface area contributed by atoms with Crippen molar-refractivity contribution < 1.29 is 0 Å². The van der Waals surface area contributed by atoms with Gasteiger partial charge in [0.1, 0.15) is 0 Å². The molecule has 0 aromatic rings. The van der Waals surface area contributed by atoms with Crippen LogP contribution in [0.2, 0.25) is 0 Å². The van der Waals surface area contributed by atoms with Crippen molar-refractivity contribution in [1.82, 2.24) is 5.32 Å². The molecule has 0 aromatic carbocycles. The molecule has 0 radical (unpaired) electrons. The Balaban J connectivity index is 0.000000461. The second kappa shape index (κ2) is 7.55. The Morgan fingerprint density at radius 1 is 1.36 bits per heavy atom. The molecule has 1 N–H and O–H groups in total. The molecular formula is C10H19N. The first-order chi connectivity index (χ1) is 5.43. The molecular weight excluding hydrogens is 134 g/mol. The van der Waals surface area contributed by atoms with Gasteiger partial charge in [-0.05, 0) is 25.5 Å². The Kier molecular flexibility index (Phi) is 7.16. The van der Waals surface area contributed by atoms with Crippen LogP contribution < -0.4 is 5.32 Å². The molecule has 0 atom stereocenters. The molecule has 0 amide bonds. The molecule has 0 aromatic heterocycles. The zero-order chi connectivity index (χ0) is 8.53. The topological polar surface area (TPSA) is 12.0 Å². The molecule has 0 heterocycles. The van der Waals surface area contributed by atoms with E-state index in [2.05, 4.69) is 23.5 Å². The van der Waals surface area contributed by atoms with Gasteiger partial charge in [-0.15, -0.1) is 0 Å². The summed E-state index contributed by atoms with van der Waals surface area (Å²) in [5.74, 6) is 0. The molecule has 0 fully saturated rings. The van der Waals surface area contributed by atoms with Crippen LogP contribution in [0.25, 0.3) is 0 Å². The lowest BCUT2D eigenvalue weighted by Crippen LogP contribution is -2.09. The number of likely N-dealkylation sites (N-methyl/N-ethyl adjacent to an activating group) is 1. The highest BCUT2D eigenvalue weighted by Crippen LogP contribution is 2.07. The van der Waals surface area contributed by atoms with Crippen molar-refractivity contribution in [2.24, 2.45) is 0 Å². The molecule has 1 aliphatic carbocycles. The minimum Gasteiger partial charge on any atom is -0.316 e. The van der Waals surface area contributed by atoms with Crippen molar-refractivity contribution in [3.05, 3.63) is 23.8 Å². The number of hydrogen-bond donors (Lipinski definition) is 1. The van der Waals surface area contributed by atoms with E-state index < -0.39 is 0 Å². The van der Waals surface area contributed by atoms with Crippen molar-refractivity contribution in [3.63, 3.8) is 0 Å². The fourth-order valence-electron chi connectivity index (χ4n) is 1.00. The van der Waals surface area contributed by atoms with Gasteiger partial charge in [-0.2, -0.15) is 0 Å². The van der Waals surface area contributed by atoms with Crippen LogP contribution in [-0.4, -0.2) is 13.6 Å². The third-order valence-electron chi connectivity index (χ3n) is 1.45. The second-order valence-electron chi connectivity index (χ2n) is 2.29.